The SMILES string of the molecule is Cc1nc(-c2cccc(C(=O)N3CCO[C@H](C(=O)O)C3)c2)cs1. The molecule has 2 aromatic rings. The number of aliphatic carboxylic acids is 1. The first kappa shape index (κ1) is 15.6. The van der Waals surface area contributed by atoms with Gasteiger partial charge in [0.25, 0.3) is 5.91 Å². The number of benzene rings is 1. The third-order valence-corrected chi connectivity index (χ3v) is 4.43. The molecule has 0 spiro atoms. The minimum absolute atomic E-state index is 0.0637. The molecule has 1 N–H and O–H groups in total. The molecule has 120 valence electrons. The fourth-order valence-corrected chi connectivity index (χ4v) is 3.10. The highest BCUT2D eigenvalue weighted by Crippen LogP contribution is 2.23. The number of carbonyl (C=O) groups excluding carboxylic acids is 1. The largest absolute Gasteiger partial charge is 0.479 e. The van der Waals surface area contributed by atoms with Gasteiger partial charge in [-0.2, -0.15) is 0 Å². The minimum Gasteiger partial charge on any atom is -0.479 e. The first-order valence-corrected chi connectivity index (χ1v) is 8.09. The predicted octanol–water partition coefficient (Wildman–Crippen LogP) is 2.04. The normalized spacial score (nSPS) is 18.0. The van der Waals surface area contributed by atoms with Gasteiger partial charge in [-0.1, -0.05) is 12.1 Å². The highest BCUT2D eigenvalue weighted by molar-refractivity contribution is 7.09. The van der Waals surface area contributed by atoms with Gasteiger partial charge in [-0.25, -0.2) is 9.78 Å². The monoisotopic (exact) mass is 332 g/mol. The molecule has 0 saturated carbocycles. The van der Waals surface area contributed by atoms with Gasteiger partial charge in [-0.05, 0) is 19.1 Å². The molecule has 0 radical (unpaired) electrons. The molecule has 3 rings (SSSR count). The lowest BCUT2D eigenvalue weighted by atomic mass is 10.1. The van der Waals surface area contributed by atoms with Crippen LogP contribution in [0.5, 0.6) is 0 Å². The Morgan fingerprint density at radius 3 is 2.96 bits per heavy atom. The van der Waals surface area contributed by atoms with Crippen molar-refractivity contribution >= 4 is 23.2 Å². The average Bonchev–Trinajstić information content (AvgIpc) is 3.01. The summed E-state index contributed by atoms with van der Waals surface area (Å²) in [6.07, 6.45) is -0.961. The van der Waals surface area contributed by atoms with Crippen LogP contribution in [-0.4, -0.2) is 52.7 Å². The summed E-state index contributed by atoms with van der Waals surface area (Å²) in [5, 5.41) is 12.0. The lowest BCUT2D eigenvalue weighted by Gasteiger charge is -2.31. The highest BCUT2D eigenvalue weighted by Gasteiger charge is 2.29. The molecular weight excluding hydrogens is 316 g/mol. The zero-order valence-electron chi connectivity index (χ0n) is 12.6. The van der Waals surface area contributed by atoms with E-state index in [-0.39, 0.29) is 19.1 Å². The molecule has 1 atom stereocenters. The number of thiazole rings is 1. The van der Waals surface area contributed by atoms with Gasteiger partial charge in [0.2, 0.25) is 0 Å². The number of morpholine rings is 1. The summed E-state index contributed by atoms with van der Waals surface area (Å²) < 4.78 is 5.15. The summed E-state index contributed by atoms with van der Waals surface area (Å²) >= 11 is 1.56. The van der Waals surface area contributed by atoms with E-state index in [9.17, 15) is 9.59 Å². The molecule has 0 bridgehead atoms. The fraction of sp³-hybridized carbons (Fsp3) is 0.312. The highest BCUT2D eigenvalue weighted by atomic mass is 32.1. The van der Waals surface area contributed by atoms with Crippen LogP contribution >= 0.6 is 11.3 Å². The molecule has 1 aromatic heterocycles. The maximum atomic E-state index is 12.6. The molecule has 1 aliphatic heterocycles. The fourth-order valence-electron chi connectivity index (χ4n) is 2.47. The molecule has 1 amide bonds. The van der Waals surface area contributed by atoms with Gasteiger partial charge in [-0.15, -0.1) is 11.3 Å². The van der Waals surface area contributed by atoms with Gasteiger partial charge in [0, 0.05) is 23.1 Å². The summed E-state index contributed by atoms with van der Waals surface area (Å²) in [6.45, 7) is 2.62. The number of nitrogens with zero attached hydrogens (tertiary/aromatic N) is 2. The smallest absolute Gasteiger partial charge is 0.334 e. The molecule has 1 aliphatic rings. The van der Waals surface area contributed by atoms with Crippen molar-refractivity contribution in [2.45, 2.75) is 13.0 Å². The van der Waals surface area contributed by atoms with Crippen molar-refractivity contribution in [1.29, 1.82) is 0 Å². The maximum absolute atomic E-state index is 12.6. The van der Waals surface area contributed by atoms with Crippen LogP contribution in [0.3, 0.4) is 0 Å². The Morgan fingerprint density at radius 2 is 2.26 bits per heavy atom. The Morgan fingerprint density at radius 1 is 1.43 bits per heavy atom. The number of rotatable bonds is 3. The number of carbonyl (C=O) groups is 2. The molecule has 1 fully saturated rings. The van der Waals surface area contributed by atoms with E-state index < -0.39 is 12.1 Å². The molecule has 0 aliphatic carbocycles. The second kappa shape index (κ2) is 6.47. The van der Waals surface area contributed by atoms with Gasteiger partial charge >= 0.3 is 5.97 Å². The van der Waals surface area contributed by atoms with Crippen molar-refractivity contribution in [2.24, 2.45) is 0 Å². The maximum Gasteiger partial charge on any atom is 0.334 e. The van der Waals surface area contributed by atoms with Crippen molar-refractivity contribution < 1.29 is 19.4 Å². The Hall–Kier alpha value is -2.25. The van der Waals surface area contributed by atoms with Gasteiger partial charge < -0.3 is 14.7 Å². The van der Waals surface area contributed by atoms with Gasteiger partial charge in [0.05, 0.1) is 23.9 Å². The summed E-state index contributed by atoms with van der Waals surface area (Å²) in [4.78, 5) is 29.6. The number of aromatic nitrogens is 1. The van der Waals surface area contributed by atoms with Crippen LogP contribution in [-0.2, 0) is 9.53 Å². The van der Waals surface area contributed by atoms with Crippen LogP contribution in [0.1, 0.15) is 15.4 Å². The van der Waals surface area contributed by atoms with Crippen molar-refractivity contribution in [1.82, 2.24) is 9.88 Å². The minimum atomic E-state index is -1.05. The van der Waals surface area contributed by atoms with Crippen molar-refractivity contribution in [3.8, 4) is 11.3 Å². The van der Waals surface area contributed by atoms with E-state index in [1.807, 2.05) is 24.4 Å². The van der Waals surface area contributed by atoms with Crippen LogP contribution in [0.2, 0.25) is 0 Å². The summed E-state index contributed by atoms with van der Waals surface area (Å²) in [5.74, 6) is -1.23. The molecule has 0 unspecified atom stereocenters. The van der Waals surface area contributed by atoms with Gasteiger partial charge in [-0.3, -0.25) is 4.79 Å². The average molecular weight is 332 g/mol. The van der Waals surface area contributed by atoms with Crippen molar-refractivity contribution in [3.63, 3.8) is 0 Å². The summed E-state index contributed by atoms with van der Waals surface area (Å²) in [6, 6.07) is 7.25. The van der Waals surface area contributed by atoms with Gasteiger partial charge in [0.15, 0.2) is 6.10 Å². The molecular formula is C16H16N2O4S. The number of carboxylic acid groups (broad SMARTS) is 1. The van der Waals surface area contributed by atoms with E-state index >= 15 is 0 Å². The zero-order chi connectivity index (χ0) is 16.4. The zero-order valence-corrected chi connectivity index (χ0v) is 13.4. The van der Waals surface area contributed by atoms with Crippen LogP contribution in [0.15, 0.2) is 29.6 Å². The lowest BCUT2D eigenvalue weighted by Crippen LogP contribution is -2.48. The van der Waals surface area contributed by atoms with E-state index in [0.29, 0.717) is 12.1 Å². The number of aryl methyl sites for hydroxylation is 1. The van der Waals surface area contributed by atoms with Crippen LogP contribution in [0, 0.1) is 6.92 Å². The Bertz CT molecular complexity index is 743. The predicted molar refractivity (Wildman–Crippen MR) is 85.6 cm³/mol. The van der Waals surface area contributed by atoms with Crippen LogP contribution in [0.4, 0.5) is 0 Å². The van der Waals surface area contributed by atoms with E-state index in [1.165, 1.54) is 4.90 Å². The molecule has 6 nitrogen and oxygen atoms in total. The summed E-state index contributed by atoms with van der Waals surface area (Å²) in [7, 11) is 0. The third-order valence-electron chi connectivity index (χ3n) is 3.65. The number of hydrogen-bond donors (Lipinski definition) is 1. The third kappa shape index (κ3) is 3.40. The number of carboxylic acids is 1. The van der Waals surface area contributed by atoms with Crippen molar-refractivity contribution in [2.75, 3.05) is 19.7 Å². The Labute approximate surface area is 137 Å². The first-order valence-electron chi connectivity index (χ1n) is 7.21. The van der Waals surface area contributed by atoms with E-state index in [0.717, 1.165) is 16.3 Å². The van der Waals surface area contributed by atoms with Gasteiger partial charge in [0.1, 0.15) is 0 Å². The number of ether oxygens (including phenoxy) is 1. The first-order chi connectivity index (χ1) is 11.0. The Balaban J connectivity index is 1.81. The molecule has 2 heterocycles. The van der Waals surface area contributed by atoms with E-state index in [1.54, 1.807) is 23.5 Å². The topological polar surface area (TPSA) is 79.7 Å². The van der Waals surface area contributed by atoms with E-state index in [2.05, 4.69) is 4.98 Å². The second-order valence-corrected chi connectivity index (χ2v) is 6.34. The van der Waals surface area contributed by atoms with E-state index in [4.69, 9.17) is 9.84 Å². The summed E-state index contributed by atoms with van der Waals surface area (Å²) in [5.41, 5.74) is 2.25. The van der Waals surface area contributed by atoms with Crippen LogP contribution in [0.25, 0.3) is 11.3 Å². The number of hydrogen-bond acceptors (Lipinski definition) is 5. The molecule has 23 heavy (non-hydrogen) atoms. The molecule has 7 heteroatoms. The lowest BCUT2D eigenvalue weighted by molar-refractivity contribution is -0.154. The Kier molecular flexibility index (Phi) is 4.40. The van der Waals surface area contributed by atoms with Crippen LogP contribution < -0.4 is 0 Å². The molecule has 1 saturated heterocycles. The second-order valence-electron chi connectivity index (χ2n) is 5.28. The molecule has 1 aromatic carbocycles. The quantitative estimate of drug-likeness (QED) is 0.930. The number of amides is 1. The standard InChI is InChI=1S/C16H16N2O4S/c1-10-17-13(9-23-10)11-3-2-4-12(7-11)15(19)18-5-6-22-14(8-18)16(20)21/h2-4,7,9,14H,5-6,8H2,1H3,(H,20,21)/t14-/m0/s1. The van der Waals surface area contributed by atoms with Crippen molar-refractivity contribution in [3.05, 3.63) is 40.2 Å².